The number of anilines is 1. The van der Waals surface area contributed by atoms with Crippen LogP contribution in [0.5, 0.6) is 5.75 Å². The summed E-state index contributed by atoms with van der Waals surface area (Å²) in [7, 11) is 0. The fourth-order valence-electron chi connectivity index (χ4n) is 3.21. The minimum Gasteiger partial charge on any atom is -1.00 e. The molecule has 0 bridgehead atoms. The number of quaternary nitrogens is 1. The van der Waals surface area contributed by atoms with Crippen molar-refractivity contribution in [2.45, 2.75) is 58.5 Å². The molecule has 1 heterocycles. The quantitative estimate of drug-likeness (QED) is 0.601. The molecule has 1 unspecified atom stereocenters. The van der Waals surface area contributed by atoms with E-state index in [4.69, 9.17) is 9.47 Å². The summed E-state index contributed by atoms with van der Waals surface area (Å²) in [6, 6.07) is 7.44. The van der Waals surface area contributed by atoms with Crippen molar-refractivity contribution in [3.8, 4) is 5.75 Å². The second-order valence-electron chi connectivity index (χ2n) is 6.94. The van der Waals surface area contributed by atoms with E-state index in [1.54, 1.807) is 0 Å². The van der Waals surface area contributed by atoms with E-state index in [0.717, 1.165) is 31.0 Å². The van der Waals surface area contributed by atoms with Gasteiger partial charge in [-0.05, 0) is 56.9 Å². The van der Waals surface area contributed by atoms with Crippen molar-refractivity contribution in [1.82, 2.24) is 0 Å². The standard InChI is InChI=1S/C20H32N2O3.ClH/c1-3-4-8-15-24-19-11-9-18(10-12-19)21-20(23)25-17(2)16-22-13-6-5-7-14-22;/h9-12,17H,3-8,13-16H2,1-2H3,(H,21,23);1H. The number of ether oxygens (including phenoxy) is 2. The van der Waals surface area contributed by atoms with Crippen molar-refractivity contribution >= 4 is 11.8 Å². The monoisotopic (exact) mass is 384 g/mol. The zero-order valence-electron chi connectivity index (χ0n) is 16.1. The number of hydrogen-bond donors (Lipinski definition) is 2. The number of amides is 1. The molecule has 1 saturated heterocycles. The van der Waals surface area contributed by atoms with Gasteiger partial charge in [0.15, 0.2) is 0 Å². The number of carbonyl (C=O) groups excluding carboxylic acids is 1. The van der Waals surface area contributed by atoms with Gasteiger partial charge in [0, 0.05) is 5.69 Å². The average molecular weight is 385 g/mol. The largest absolute Gasteiger partial charge is 1.00 e. The van der Waals surface area contributed by atoms with Gasteiger partial charge >= 0.3 is 6.09 Å². The predicted molar refractivity (Wildman–Crippen MR) is 100 cm³/mol. The molecule has 1 aliphatic rings. The number of halogens is 1. The van der Waals surface area contributed by atoms with Gasteiger partial charge in [0.25, 0.3) is 0 Å². The summed E-state index contributed by atoms with van der Waals surface area (Å²) in [5, 5.41) is 2.79. The zero-order valence-corrected chi connectivity index (χ0v) is 16.8. The first-order valence-electron chi connectivity index (χ1n) is 9.71. The Bertz CT molecular complexity index is 504. The Hall–Kier alpha value is -1.46. The third kappa shape index (κ3) is 8.77. The molecule has 5 nitrogen and oxygen atoms in total. The van der Waals surface area contributed by atoms with Gasteiger partial charge in [-0.2, -0.15) is 0 Å². The van der Waals surface area contributed by atoms with Crippen molar-refractivity contribution in [2.75, 3.05) is 31.6 Å². The van der Waals surface area contributed by atoms with Crippen LogP contribution in [0.25, 0.3) is 0 Å². The Morgan fingerprint density at radius 3 is 2.50 bits per heavy atom. The Labute approximate surface area is 163 Å². The molecule has 1 aliphatic heterocycles. The van der Waals surface area contributed by atoms with Crippen LogP contribution < -0.4 is 27.4 Å². The van der Waals surface area contributed by atoms with Crippen molar-refractivity contribution in [3.05, 3.63) is 24.3 Å². The number of hydrogen-bond acceptors (Lipinski definition) is 3. The highest BCUT2D eigenvalue weighted by Crippen LogP contribution is 2.16. The molecule has 0 saturated carbocycles. The Morgan fingerprint density at radius 1 is 1.15 bits per heavy atom. The summed E-state index contributed by atoms with van der Waals surface area (Å²) in [6.07, 6.45) is 6.86. The lowest BCUT2D eigenvalue weighted by Crippen LogP contribution is -3.13. The highest BCUT2D eigenvalue weighted by atomic mass is 35.5. The lowest BCUT2D eigenvalue weighted by molar-refractivity contribution is -0.907. The van der Waals surface area contributed by atoms with Gasteiger partial charge in [-0.15, -0.1) is 0 Å². The molecule has 0 spiro atoms. The van der Waals surface area contributed by atoms with E-state index in [9.17, 15) is 4.79 Å². The van der Waals surface area contributed by atoms with Crippen molar-refractivity contribution < 1.29 is 31.6 Å². The number of benzene rings is 1. The van der Waals surface area contributed by atoms with Gasteiger partial charge in [0.2, 0.25) is 0 Å². The molecule has 1 aromatic carbocycles. The molecular formula is C20H33ClN2O3. The maximum Gasteiger partial charge on any atom is 0.412 e. The van der Waals surface area contributed by atoms with E-state index in [-0.39, 0.29) is 24.6 Å². The van der Waals surface area contributed by atoms with Gasteiger partial charge in [-0.3, -0.25) is 5.32 Å². The van der Waals surface area contributed by atoms with Crippen molar-refractivity contribution in [1.29, 1.82) is 0 Å². The summed E-state index contributed by atoms with van der Waals surface area (Å²) in [5.74, 6) is 0.831. The lowest BCUT2D eigenvalue weighted by atomic mass is 10.1. The predicted octanol–water partition coefficient (Wildman–Crippen LogP) is 0.265. The normalized spacial score (nSPS) is 15.6. The molecule has 2 N–H and O–H groups in total. The second-order valence-corrected chi connectivity index (χ2v) is 6.94. The minimum absolute atomic E-state index is 0. The first-order chi connectivity index (χ1) is 12.2. The van der Waals surface area contributed by atoms with E-state index in [2.05, 4.69) is 12.2 Å². The molecule has 1 atom stereocenters. The first kappa shape index (κ1) is 22.6. The summed E-state index contributed by atoms with van der Waals surface area (Å²) >= 11 is 0. The molecular weight excluding hydrogens is 352 g/mol. The third-order valence-corrected chi connectivity index (χ3v) is 4.56. The van der Waals surface area contributed by atoms with Gasteiger partial charge in [0.05, 0.1) is 19.7 Å². The highest BCUT2D eigenvalue weighted by Gasteiger charge is 2.19. The van der Waals surface area contributed by atoms with E-state index >= 15 is 0 Å². The first-order valence-corrected chi connectivity index (χ1v) is 9.71. The van der Waals surface area contributed by atoms with Gasteiger partial charge in [0.1, 0.15) is 18.4 Å². The number of rotatable bonds is 9. The van der Waals surface area contributed by atoms with Crippen LogP contribution in [-0.2, 0) is 4.74 Å². The molecule has 0 aromatic heterocycles. The molecule has 1 aromatic rings. The molecule has 26 heavy (non-hydrogen) atoms. The number of carbonyl (C=O) groups is 1. The fourth-order valence-corrected chi connectivity index (χ4v) is 3.21. The third-order valence-electron chi connectivity index (χ3n) is 4.56. The summed E-state index contributed by atoms with van der Waals surface area (Å²) in [6.45, 7) is 8.14. The fraction of sp³-hybridized carbons (Fsp3) is 0.650. The van der Waals surface area contributed by atoms with Crippen LogP contribution in [0.1, 0.15) is 52.4 Å². The van der Waals surface area contributed by atoms with E-state index in [0.29, 0.717) is 0 Å². The van der Waals surface area contributed by atoms with Crippen LogP contribution in [0.3, 0.4) is 0 Å². The minimum atomic E-state index is -0.388. The van der Waals surface area contributed by atoms with Crippen molar-refractivity contribution in [3.63, 3.8) is 0 Å². The average Bonchev–Trinajstić information content (AvgIpc) is 2.61. The van der Waals surface area contributed by atoms with E-state index in [1.807, 2.05) is 31.2 Å². The number of unbranched alkanes of at least 4 members (excludes halogenated alkanes) is 2. The molecule has 6 heteroatoms. The molecule has 1 amide bonds. The highest BCUT2D eigenvalue weighted by molar-refractivity contribution is 5.84. The maximum atomic E-state index is 12.0. The molecule has 0 aliphatic carbocycles. The lowest BCUT2D eigenvalue weighted by Gasteiger charge is -2.26. The summed E-state index contributed by atoms with van der Waals surface area (Å²) in [5.41, 5.74) is 0.725. The van der Waals surface area contributed by atoms with Gasteiger partial charge < -0.3 is 26.8 Å². The zero-order chi connectivity index (χ0) is 17.9. The molecule has 2 rings (SSSR count). The number of piperidine rings is 1. The maximum absolute atomic E-state index is 12.0. The Kier molecular flexibility index (Phi) is 11.1. The van der Waals surface area contributed by atoms with Gasteiger partial charge in [-0.1, -0.05) is 19.8 Å². The van der Waals surface area contributed by atoms with Crippen LogP contribution in [-0.4, -0.2) is 38.4 Å². The topological polar surface area (TPSA) is 52.0 Å². The van der Waals surface area contributed by atoms with Crippen molar-refractivity contribution in [2.24, 2.45) is 0 Å². The van der Waals surface area contributed by atoms with Crippen LogP contribution in [0.15, 0.2) is 24.3 Å². The van der Waals surface area contributed by atoms with Crippen LogP contribution in [0.2, 0.25) is 0 Å². The summed E-state index contributed by atoms with van der Waals surface area (Å²) < 4.78 is 11.1. The van der Waals surface area contributed by atoms with Crippen LogP contribution in [0, 0.1) is 0 Å². The molecule has 148 valence electrons. The van der Waals surface area contributed by atoms with Crippen LogP contribution >= 0.6 is 0 Å². The van der Waals surface area contributed by atoms with Crippen LogP contribution in [0.4, 0.5) is 10.5 Å². The second kappa shape index (κ2) is 12.8. The number of likely N-dealkylation sites (tertiary alicyclic amines) is 1. The van der Waals surface area contributed by atoms with E-state index < -0.39 is 0 Å². The van der Waals surface area contributed by atoms with Gasteiger partial charge in [-0.25, -0.2) is 4.79 Å². The molecule has 0 radical (unpaired) electrons. The SMILES string of the molecule is CCCCCOc1ccc(NC(=O)OC(C)C[NH+]2CCCCC2)cc1.[Cl-]. The molecule has 1 fully saturated rings. The number of nitrogens with one attached hydrogen (secondary N) is 2. The van der Waals surface area contributed by atoms with E-state index in [1.165, 1.54) is 50.1 Å². The Balaban J connectivity index is 0.00000338. The Morgan fingerprint density at radius 2 is 1.85 bits per heavy atom. The smallest absolute Gasteiger partial charge is 0.412 e. The summed E-state index contributed by atoms with van der Waals surface area (Å²) in [4.78, 5) is 13.6.